The van der Waals surface area contributed by atoms with Crippen molar-refractivity contribution in [2.45, 2.75) is 45.3 Å². The lowest BCUT2D eigenvalue weighted by molar-refractivity contribution is 0.735. The van der Waals surface area contributed by atoms with Gasteiger partial charge in [0.1, 0.15) is 5.82 Å². The first kappa shape index (κ1) is 17.2. The largest absolute Gasteiger partial charge is 0.355 e. The number of hydrogen-bond donors (Lipinski definition) is 0. The molecule has 24 heavy (non-hydrogen) atoms. The van der Waals surface area contributed by atoms with E-state index in [1.807, 2.05) is 18.3 Å². The van der Waals surface area contributed by atoms with Crippen molar-refractivity contribution in [2.75, 3.05) is 23.7 Å². The minimum absolute atomic E-state index is 0.703. The normalized spacial score (nSPS) is 18.5. The van der Waals surface area contributed by atoms with E-state index in [0.29, 0.717) is 5.25 Å². The summed E-state index contributed by atoms with van der Waals surface area (Å²) in [6.45, 7) is 8.65. The molecule has 1 aliphatic rings. The first-order valence-corrected chi connectivity index (χ1v) is 9.86. The summed E-state index contributed by atoms with van der Waals surface area (Å²) >= 11 is 2.08. The van der Waals surface area contributed by atoms with Gasteiger partial charge in [-0.15, -0.1) is 0 Å². The van der Waals surface area contributed by atoms with Gasteiger partial charge in [0.05, 0.1) is 0 Å². The highest BCUT2D eigenvalue weighted by atomic mass is 32.2. The molecule has 0 bridgehead atoms. The highest BCUT2D eigenvalue weighted by Gasteiger charge is 2.22. The molecule has 2 aromatic heterocycles. The van der Waals surface area contributed by atoms with Gasteiger partial charge < -0.3 is 4.90 Å². The number of thioether (sulfide) groups is 1. The predicted octanol–water partition coefficient (Wildman–Crippen LogP) is 4.27. The van der Waals surface area contributed by atoms with E-state index in [1.165, 1.54) is 30.6 Å². The molecule has 0 amide bonds. The summed E-state index contributed by atoms with van der Waals surface area (Å²) in [5.41, 5.74) is 3.24. The maximum absolute atomic E-state index is 4.93. The zero-order valence-electron chi connectivity index (χ0n) is 14.8. The molecule has 0 aliphatic carbocycles. The van der Waals surface area contributed by atoms with Gasteiger partial charge >= 0.3 is 0 Å². The molecule has 5 heteroatoms. The van der Waals surface area contributed by atoms with Crippen LogP contribution in [0.1, 0.15) is 37.4 Å². The van der Waals surface area contributed by atoms with Crippen LogP contribution in [0.15, 0.2) is 24.5 Å². The van der Waals surface area contributed by atoms with Crippen LogP contribution in [0, 0.1) is 13.8 Å². The van der Waals surface area contributed by atoms with Crippen molar-refractivity contribution in [1.29, 1.82) is 0 Å². The maximum atomic E-state index is 4.93. The summed E-state index contributed by atoms with van der Waals surface area (Å²) in [5, 5.41) is 0.703. The molecule has 0 aromatic carbocycles. The predicted molar refractivity (Wildman–Crippen MR) is 103 cm³/mol. The number of nitrogens with zero attached hydrogens (tertiary/aromatic N) is 4. The molecule has 4 nitrogen and oxygen atoms in total. The van der Waals surface area contributed by atoms with E-state index in [9.17, 15) is 0 Å². The third kappa shape index (κ3) is 3.89. The van der Waals surface area contributed by atoms with E-state index in [0.717, 1.165) is 36.0 Å². The smallest absolute Gasteiger partial charge is 0.163 e. The van der Waals surface area contributed by atoms with E-state index >= 15 is 0 Å². The first-order valence-electron chi connectivity index (χ1n) is 8.81. The average Bonchev–Trinajstić information content (AvgIpc) is 2.84. The lowest BCUT2D eigenvalue weighted by atomic mass is 10.2. The summed E-state index contributed by atoms with van der Waals surface area (Å²) < 4.78 is 0. The minimum atomic E-state index is 0.703. The second-order valence-electron chi connectivity index (χ2n) is 6.34. The number of rotatable bonds is 4. The summed E-state index contributed by atoms with van der Waals surface area (Å²) in [5.74, 6) is 3.07. The van der Waals surface area contributed by atoms with Crippen LogP contribution in [0.4, 0.5) is 5.82 Å². The number of aryl methyl sites for hydroxylation is 1. The topological polar surface area (TPSA) is 41.9 Å². The Morgan fingerprint density at radius 2 is 2.12 bits per heavy atom. The summed E-state index contributed by atoms with van der Waals surface area (Å²) in [4.78, 5) is 16.3. The zero-order chi connectivity index (χ0) is 16.9. The van der Waals surface area contributed by atoms with E-state index in [2.05, 4.69) is 42.4 Å². The highest BCUT2D eigenvalue weighted by molar-refractivity contribution is 7.99. The molecule has 0 spiro atoms. The lowest BCUT2D eigenvalue weighted by Crippen LogP contribution is -2.31. The Morgan fingerprint density at radius 1 is 1.25 bits per heavy atom. The molecular formula is C19H26N4S. The molecule has 1 fully saturated rings. The molecule has 0 saturated carbocycles. The number of pyridine rings is 1. The Morgan fingerprint density at radius 3 is 2.88 bits per heavy atom. The van der Waals surface area contributed by atoms with Crippen LogP contribution in [0.2, 0.25) is 0 Å². The Bertz CT molecular complexity index is 675. The van der Waals surface area contributed by atoms with Crippen molar-refractivity contribution in [3.63, 3.8) is 0 Å². The fourth-order valence-corrected chi connectivity index (χ4v) is 4.30. The molecule has 1 unspecified atom stereocenters. The van der Waals surface area contributed by atoms with E-state index in [1.54, 1.807) is 6.20 Å². The SMILES string of the molecule is CCSC1CCCCN(c2nc(-c3cccnc3)nc(C)c2C)C1. The quantitative estimate of drug-likeness (QED) is 0.830. The minimum Gasteiger partial charge on any atom is -0.355 e. The molecule has 0 N–H and O–H groups in total. The van der Waals surface area contributed by atoms with Gasteiger partial charge in [-0.25, -0.2) is 9.97 Å². The fraction of sp³-hybridized carbons (Fsp3) is 0.526. The molecule has 1 aliphatic heterocycles. The molecule has 3 rings (SSSR count). The van der Waals surface area contributed by atoms with Crippen LogP contribution < -0.4 is 4.90 Å². The van der Waals surface area contributed by atoms with Crippen LogP contribution in [-0.2, 0) is 0 Å². The monoisotopic (exact) mass is 342 g/mol. The summed E-state index contributed by atoms with van der Waals surface area (Å²) in [6, 6.07) is 3.96. The molecule has 2 aromatic rings. The molecule has 3 heterocycles. The van der Waals surface area contributed by atoms with Crippen LogP contribution >= 0.6 is 11.8 Å². The van der Waals surface area contributed by atoms with Gasteiger partial charge in [0.15, 0.2) is 5.82 Å². The van der Waals surface area contributed by atoms with E-state index in [4.69, 9.17) is 9.97 Å². The second-order valence-corrected chi connectivity index (χ2v) is 7.92. The standard InChI is InChI=1S/C19H26N4S/c1-4-24-17-9-5-6-11-23(13-17)19-14(2)15(3)21-18(22-19)16-8-7-10-20-12-16/h7-8,10,12,17H,4-6,9,11,13H2,1-3H3. The van der Waals surface area contributed by atoms with Crippen molar-refractivity contribution in [3.05, 3.63) is 35.8 Å². The maximum Gasteiger partial charge on any atom is 0.163 e. The third-order valence-corrected chi connectivity index (χ3v) is 5.80. The van der Waals surface area contributed by atoms with Crippen molar-refractivity contribution in [2.24, 2.45) is 0 Å². The lowest BCUT2D eigenvalue weighted by Gasteiger charge is -2.27. The number of anilines is 1. The van der Waals surface area contributed by atoms with Gasteiger partial charge in [-0.3, -0.25) is 4.98 Å². The average molecular weight is 343 g/mol. The van der Waals surface area contributed by atoms with Gasteiger partial charge in [-0.1, -0.05) is 13.3 Å². The number of aromatic nitrogens is 3. The van der Waals surface area contributed by atoms with Crippen LogP contribution in [-0.4, -0.2) is 39.0 Å². The Labute approximate surface area is 149 Å². The molecule has 1 saturated heterocycles. The fourth-order valence-electron chi connectivity index (χ4n) is 3.21. The highest BCUT2D eigenvalue weighted by Crippen LogP contribution is 2.29. The second kappa shape index (κ2) is 7.97. The van der Waals surface area contributed by atoms with E-state index in [-0.39, 0.29) is 0 Å². The Kier molecular flexibility index (Phi) is 5.72. The molecular weight excluding hydrogens is 316 g/mol. The van der Waals surface area contributed by atoms with Crippen molar-refractivity contribution >= 4 is 17.6 Å². The van der Waals surface area contributed by atoms with Gasteiger partial charge in [0.25, 0.3) is 0 Å². The van der Waals surface area contributed by atoms with Crippen molar-refractivity contribution in [3.8, 4) is 11.4 Å². The summed E-state index contributed by atoms with van der Waals surface area (Å²) in [6.07, 6.45) is 7.49. The summed E-state index contributed by atoms with van der Waals surface area (Å²) in [7, 11) is 0. The third-order valence-electron chi connectivity index (χ3n) is 4.61. The Balaban J connectivity index is 1.95. The molecule has 1 atom stereocenters. The van der Waals surface area contributed by atoms with Gasteiger partial charge in [0, 0.05) is 47.6 Å². The first-order chi connectivity index (χ1) is 11.7. The zero-order valence-corrected chi connectivity index (χ0v) is 15.6. The van der Waals surface area contributed by atoms with Crippen molar-refractivity contribution < 1.29 is 0 Å². The van der Waals surface area contributed by atoms with Crippen molar-refractivity contribution in [1.82, 2.24) is 15.0 Å². The number of hydrogen-bond acceptors (Lipinski definition) is 5. The molecule has 128 valence electrons. The van der Waals surface area contributed by atoms with Crippen LogP contribution in [0.25, 0.3) is 11.4 Å². The van der Waals surface area contributed by atoms with E-state index < -0.39 is 0 Å². The van der Waals surface area contributed by atoms with Crippen LogP contribution in [0.3, 0.4) is 0 Å². The Hall–Kier alpha value is -1.62. The van der Waals surface area contributed by atoms with Gasteiger partial charge in [0.2, 0.25) is 0 Å². The molecule has 0 radical (unpaired) electrons. The van der Waals surface area contributed by atoms with Gasteiger partial charge in [-0.05, 0) is 44.6 Å². The van der Waals surface area contributed by atoms with Gasteiger partial charge in [-0.2, -0.15) is 11.8 Å². The van der Waals surface area contributed by atoms with Crippen LogP contribution in [0.5, 0.6) is 0 Å².